The third-order valence-corrected chi connectivity index (χ3v) is 4.68. The lowest BCUT2D eigenvalue weighted by atomic mass is 10.0. The molecule has 1 saturated heterocycles. The maximum atomic E-state index is 10.2. The molecular formula is C19H36O3. The fourth-order valence-electron chi connectivity index (χ4n) is 3.22. The van der Waals surface area contributed by atoms with Crippen molar-refractivity contribution >= 4 is 0 Å². The summed E-state index contributed by atoms with van der Waals surface area (Å²) in [6, 6.07) is 0. The molecule has 0 aromatic carbocycles. The van der Waals surface area contributed by atoms with E-state index in [2.05, 4.69) is 13.5 Å². The van der Waals surface area contributed by atoms with Gasteiger partial charge in [0.15, 0.2) is 0 Å². The van der Waals surface area contributed by atoms with E-state index in [4.69, 9.17) is 4.74 Å². The molecule has 0 aromatic rings. The van der Waals surface area contributed by atoms with Gasteiger partial charge in [0.05, 0.1) is 24.4 Å². The fraction of sp³-hybridized carbons (Fsp3) is 0.895. The number of allylic oxidation sites excluding steroid dienone is 1. The minimum absolute atomic E-state index is 0.0647. The van der Waals surface area contributed by atoms with Gasteiger partial charge in [-0.1, -0.05) is 57.9 Å². The Morgan fingerprint density at radius 1 is 1.14 bits per heavy atom. The molecule has 3 nitrogen and oxygen atoms in total. The Balaban J connectivity index is 2.10. The van der Waals surface area contributed by atoms with Crippen LogP contribution in [0.2, 0.25) is 0 Å². The zero-order valence-electron chi connectivity index (χ0n) is 14.4. The van der Waals surface area contributed by atoms with Gasteiger partial charge < -0.3 is 14.9 Å². The van der Waals surface area contributed by atoms with E-state index in [1.54, 1.807) is 0 Å². The van der Waals surface area contributed by atoms with Crippen molar-refractivity contribution in [2.45, 2.75) is 108 Å². The highest BCUT2D eigenvalue weighted by Crippen LogP contribution is 2.28. The van der Waals surface area contributed by atoms with Gasteiger partial charge in [0, 0.05) is 6.42 Å². The largest absolute Gasteiger partial charge is 0.390 e. The molecule has 0 bridgehead atoms. The van der Waals surface area contributed by atoms with Crippen molar-refractivity contribution in [2.75, 3.05) is 0 Å². The van der Waals surface area contributed by atoms with Gasteiger partial charge in [0.1, 0.15) is 0 Å². The Morgan fingerprint density at radius 3 is 2.59 bits per heavy atom. The molecule has 22 heavy (non-hydrogen) atoms. The van der Waals surface area contributed by atoms with Gasteiger partial charge in [-0.15, -0.1) is 6.58 Å². The average Bonchev–Trinajstić information content (AvgIpc) is 2.88. The van der Waals surface area contributed by atoms with E-state index >= 15 is 0 Å². The smallest absolute Gasteiger partial charge is 0.0864 e. The second kappa shape index (κ2) is 12.1. The summed E-state index contributed by atoms with van der Waals surface area (Å²) < 4.78 is 5.88. The zero-order chi connectivity index (χ0) is 16.2. The van der Waals surface area contributed by atoms with E-state index in [-0.39, 0.29) is 12.2 Å². The molecule has 1 fully saturated rings. The highest BCUT2D eigenvalue weighted by atomic mass is 16.5. The molecule has 4 atom stereocenters. The lowest BCUT2D eigenvalue weighted by Gasteiger charge is -2.19. The quantitative estimate of drug-likeness (QED) is 0.392. The van der Waals surface area contributed by atoms with Crippen molar-refractivity contribution in [3.05, 3.63) is 12.7 Å². The highest BCUT2D eigenvalue weighted by molar-refractivity contribution is 4.85. The Hall–Kier alpha value is -0.380. The predicted molar refractivity (Wildman–Crippen MR) is 91.9 cm³/mol. The van der Waals surface area contributed by atoms with Gasteiger partial charge in [-0.3, -0.25) is 0 Å². The van der Waals surface area contributed by atoms with Crippen molar-refractivity contribution in [1.82, 2.24) is 0 Å². The number of ether oxygens (including phenoxy) is 1. The molecule has 0 saturated carbocycles. The number of rotatable bonds is 13. The summed E-state index contributed by atoms with van der Waals surface area (Å²) in [6.07, 6.45) is 13.7. The first-order valence-electron chi connectivity index (χ1n) is 9.31. The van der Waals surface area contributed by atoms with Crippen LogP contribution < -0.4 is 0 Å². The molecule has 0 spiro atoms. The summed E-state index contributed by atoms with van der Waals surface area (Å²) >= 11 is 0. The van der Waals surface area contributed by atoms with E-state index in [1.807, 2.05) is 6.08 Å². The van der Waals surface area contributed by atoms with Gasteiger partial charge in [0.25, 0.3) is 0 Å². The average molecular weight is 312 g/mol. The monoisotopic (exact) mass is 312 g/mol. The molecule has 1 aliphatic heterocycles. The minimum Gasteiger partial charge on any atom is -0.390 e. The van der Waals surface area contributed by atoms with E-state index in [1.165, 1.54) is 38.5 Å². The molecule has 0 amide bonds. The Labute approximate surface area is 136 Å². The van der Waals surface area contributed by atoms with Crippen LogP contribution in [0.3, 0.4) is 0 Å². The van der Waals surface area contributed by atoms with Gasteiger partial charge in [-0.25, -0.2) is 0 Å². The molecule has 2 N–H and O–H groups in total. The molecule has 0 aromatic heterocycles. The fourth-order valence-corrected chi connectivity index (χ4v) is 3.22. The lowest BCUT2D eigenvalue weighted by molar-refractivity contribution is -0.0498. The van der Waals surface area contributed by atoms with Crippen molar-refractivity contribution in [1.29, 1.82) is 0 Å². The Bertz CT molecular complexity index is 280. The Kier molecular flexibility index (Phi) is 10.8. The molecule has 0 aliphatic carbocycles. The maximum absolute atomic E-state index is 10.2. The highest BCUT2D eigenvalue weighted by Gasteiger charge is 2.36. The number of hydrogen-bond acceptors (Lipinski definition) is 3. The van der Waals surface area contributed by atoms with Gasteiger partial charge >= 0.3 is 0 Å². The predicted octanol–water partition coefficient (Wildman–Crippen LogP) is 4.36. The van der Waals surface area contributed by atoms with Crippen LogP contribution in [-0.2, 0) is 4.74 Å². The molecule has 0 unspecified atom stereocenters. The first kappa shape index (κ1) is 19.7. The van der Waals surface area contributed by atoms with E-state index in [9.17, 15) is 10.2 Å². The number of aliphatic hydroxyl groups is 2. The van der Waals surface area contributed by atoms with Crippen molar-refractivity contribution in [3.63, 3.8) is 0 Å². The topological polar surface area (TPSA) is 49.7 Å². The van der Waals surface area contributed by atoms with Crippen molar-refractivity contribution in [3.8, 4) is 0 Å². The summed E-state index contributed by atoms with van der Waals surface area (Å²) in [6.45, 7) is 5.91. The van der Waals surface area contributed by atoms with Crippen LogP contribution in [0, 0.1) is 0 Å². The first-order valence-corrected chi connectivity index (χ1v) is 9.31. The van der Waals surface area contributed by atoms with E-state index < -0.39 is 12.2 Å². The summed E-state index contributed by atoms with van der Waals surface area (Å²) in [5.74, 6) is 0. The van der Waals surface area contributed by atoms with Crippen LogP contribution in [0.15, 0.2) is 12.7 Å². The maximum Gasteiger partial charge on any atom is 0.0864 e. The van der Waals surface area contributed by atoms with Crippen LogP contribution >= 0.6 is 0 Å². The molecule has 0 radical (unpaired) electrons. The summed E-state index contributed by atoms with van der Waals surface area (Å²) in [5, 5.41) is 20.3. The molecule has 1 heterocycles. The van der Waals surface area contributed by atoms with Crippen molar-refractivity contribution in [2.24, 2.45) is 0 Å². The van der Waals surface area contributed by atoms with Crippen LogP contribution in [0.5, 0.6) is 0 Å². The van der Waals surface area contributed by atoms with Crippen LogP contribution in [0.25, 0.3) is 0 Å². The number of unbranched alkanes of at least 4 members (excludes halogenated alkanes) is 7. The van der Waals surface area contributed by atoms with Gasteiger partial charge in [-0.2, -0.15) is 0 Å². The molecule has 3 heteroatoms. The van der Waals surface area contributed by atoms with E-state index in [0.717, 1.165) is 32.1 Å². The number of hydrogen-bond donors (Lipinski definition) is 2. The second-order valence-corrected chi connectivity index (χ2v) is 6.71. The summed E-state index contributed by atoms with van der Waals surface area (Å²) in [5.41, 5.74) is 0. The molecular weight excluding hydrogens is 276 g/mol. The van der Waals surface area contributed by atoms with Crippen LogP contribution in [-0.4, -0.2) is 34.6 Å². The lowest BCUT2D eigenvalue weighted by Crippen LogP contribution is -2.26. The van der Waals surface area contributed by atoms with E-state index in [0.29, 0.717) is 6.42 Å². The molecule has 130 valence electrons. The summed E-state index contributed by atoms with van der Waals surface area (Å²) in [7, 11) is 0. The minimum atomic E-state index is -0.418. The summed E-state index contributed by atoms with van der Waals surface area (Å²) in [4.78, 5) is 0. The van der Waals surface area contributed by atoms with Crippen LogP contribution in [0.1, 0.15) is 84.0 Å². The normalized spacial score (nSPS) is 26.2. The standard InChI is InChI=1S/C19H36O3/c1-3-5-7-8-9-10-12-13-16(20)19-15-17(21)18(22-19)14-11-6-4-2/h3,16-21H,1,4-15H2,2H3/t16-,17-,18-,19+/m0/s1. The van der Waals surface area contributed by atoms with Gasteiger partial charge in [0.2, 0.25) is 0 Å². The third-order valence-electron chi connectivity index (χ3n) is 4.68. The Morgan fingerprint density at radius 2 is 1.86 bits per heavy atom. The zero-order valence-corrected chi connectivity index (χ0v) is 14.4. The molecule has 1 rings (SSSR count). The van der Waals surface area contributed by atoms with Crippen LogP contribution in [0.4, 0.5) is 0 Å². The van der Waals surface area contributed by atoms with Gasteiger partial charge in [-0.05, 0) is 25.7 Å². The molecule has 1 aliphatic rings. The first-order chi connectivity index (χ1) is 10.7. The van der Waals surface area contributed by atoms with Crippen molar-refractivity contribution < 1.29 is 14.9 Å². The SMILES string of the molecule is C=CCCCCCCC[C@H](O)[C@H]1C[C@H](O)[C@H](CCCCC)O1. The third kappa shape index (κ3) is 7.75. The second-order valence-electron chi connectivity index (χ2n) is 6.71. The number of aliphatic hydroxyl groups excluding tert-OH is 2.